The average molecular weight is 373 g/mol. The van der Waals surface area contributed by atoms with Crippen LogP contribution in [0.4, 0.5) is 21.8 Å². The van der Waals surface area contributed by atoms with Crippen molar-refractivity contribution in [3.63, 3.8) is 0 Å². The SMILES string of the molecule is NC(=O)[C@H]1[C@@H](Nc2nc(Nc3cnn(CCO)c3)ncc2F)[C@@H]2C=C[C@H]1C2. The van der Waals surface area contributed by atoms with Gasteiger partial charge in [0.2, 0.25) is 11.9 Å². The Morgan fingerprint density at radius 2 is 2.19 bits per heavy atom. The highest BCUT2D eigenvalue weighted by molar-refractivity contribution is 5.79. The van der Waals surface area contributed by atoms with Crippen LogP contribution in [0.2, 0.25) is 0 Å². The third kappa shape index (κ3) is 3.35. The van der Waals surface area contributed by atoms with Crippen LogP contribution in [0.5, 0.6) is 0 Å². The predicted octanol–water partition coefficient (Wildman–Crippen LogP) is 0.636. The molecule has 4 rings (SSSR count). The highest BCUT2D eigenvalue weighted by Crippen LogP contribution is 2.44. The molecule has 1 fully saturated rings. The minimum absolute atomic E-state index is 0.0208. The second-order valence-corrected chi connectivity index (χ2v) is 6.78. The van der Waals surface area contributed by atoms with E-state index in [1.165, 1.54) is 0 Å². The van der Waals surface area contributed by atoms with E-state index in [4.69, 9.17) is 10.8 Å². The van der Waals surface area contributed by atoms with Crippen molar-refractivity contribution in [3.05, 3.63) is 36.6 Å². The molecule has 1 amide bonds. The summed E-state index contributed by atoms with van der Waals surface area (Å²) in [4.78, 5) is 20.0. The van der Waals surface area contributed by atoms with Gasteiger partial charge in [-0.1, -0.05) is 12.2 Å². The van der Waals surface area contributed by atoms with Crippen LogP contribution in [0.25, 0.3) is 0 Å². The van der Waals surface area contributed by atoms with E-state index in [0.29, 0.717) is 12.2 Å². The number of halogens is 1. The molecular weight excluding hydrogens is 353 g/mol. The summed E-state index contributed by atoms with van der Waals surface area (Å²) in [6, 6.07) is -0.290. The standard InChI is InChI=1S/C17H20FN7O2/c18-12-7-20-17(22-11-6-21-25(8-11)3-4-26)24-16(12)23-14-10-2-1-9(5-10)13(14)15(19)27/h1-2,6-10,13-14,26H,3-5H2,(H2,19,27)(H2,20,22,23,24)/t9-,10+,13+,14-/m0/s1. The number of aliphatic hydroxyl groups excluding tert-OH is 1. The van der Waals surface area contributed by atoms with E-state index in [2.05, 4.69) is 25.7 Å². The number of anilines is 3. The van der Waals surface area contributed by atoms with Gasteiger partial charge in [0.25, 0.3) is 0 Å². The van der Waals surface area contributed by atoms with Gasteiger partial charge in [-0.3, -0.25) is 9.48 Å². The Balaban J connectivity index is 1.52. The summed E-state index contributed by atoms with van der Waals surface area (Å²) >= 11 is 0. The van der Waals surface area contributed by atoms with Crippen LogP contribution < -0.4 is 16.4 Å². The molecule has 0 radical (unpaired) electrons. The Labute approximate surface area is 154 Å². The van der Waals surface area contributed by atoms with Crippen LogP contribution in [0.15, 0.2) is 30.7 Å². The lowest BCUT2D eigenvalue weighted by molar-refractivity contribution is -0.122. The molecule has 10 heteroatoms. The van der Waals surface area contributed by atoms with Crippen LogP contribution in [-0.2, 0) is 11.3 Å². The molecule has 2 aromatic heterocycles. The molecule has 4 atom stereocenters. The van der Waals surface area contributed by atoms with Crippen molar-refractivity contribution < 1.29 is 14.3 Å². The van der Waals surface area contributed by atoms with Crippen LogP contribution >= 0.6 is 0 Å². The number of nitrogens with one attached hydrogen (secondary N) is 2. The second-order valence-electron chi connectivity index (χ2n) is 6.78. The van der Waals surface area contributed by atoms with Gasteiger partial charge in [0.05, 0.1) is 37.2 Å². The number of carbonyl (C=O) groups excluding carboxylic acids is 1. The van der Waals surface area contributed by atoms with E-state index in [0.717, 1.165) is 12.6 Å². The molecule has 2 heterocycles. The van der Waals surface area contributed by atoms with Crippen molar-refractivity contribution in [2.24, 2.45) is 23.5 Å². The smallest absolute Gasteiger partial charge is 0.229 e. The lowest BCUT2D eigenvalue weighted by Gasteiger charge is -2.27. The number of aliphatic hydroxyl groups is 1. The number of nitrogens with zero attached hydrogens (tertiary/aromatic N) is 4. The fraction of sp³-hybridized carbons (Fsp3) is 0.412. The normalized spacial score (nSPS) is 25.7. The molecule has 2 bridgehead atoms. The minimum atomic E-state index is -0.605. The third-order valence-corrected chi connectivity index (χ3v) is 5.05. The molecule has 0 spiro atoms. The van der Waals surface area contributed by atoms with Crippen molar-refractivity contribution >= 4 is 23.4 Å². The molecule has 2 aliphatic carbocycles. The van der Waals surface area contributed by atoms with Gasteiger partial charge in [0.1, 0.15) is 0 Å². The highest BCUT2D eigenvalue weighted by atomic mass is 19.1. The fourth-order valence-electron chi connectivity index (χ4n) is 3.88. The van der Waals surface area contributed by atoms with E-state index in [-0.39, 0.29) is 42.2 Å². The predicted molar refractivity (Wildman–Crippen MR) is 95.4 cm³/mol. The van der Waals surface area contributed by atoms with Crippen molar-refractivity contribution in [1.29, 1.82) is 0 Å². The maximum Gasteiger partial charge on any atom is 0.229 e. The van der Waals surface area contributed by atoms with Gasteiger partial charge in [0, 0.05) is 12.2 Å². The van der Waals surface area contributed by atoms with Crippen molar-refractivity contribution in [2.75, 3.05) is 17.2 Å². The topological polar surface area (TPSA) is 131 Å². The van der Waals surface area contributed by atoms with Gasteiger partial charge in [0.15, 0.2) is 11.6 Å². The van der Waals surface area contributed by atoms with Crippen LogP contribution in [-0.4, -0.2) is 43.4 Å². The van der Waals surface area contributed by atoms with E-state index < -0.39 is 11.7 Å². The number of hydrogen-bond donors (Lipinski definition) is 4. The molecule has 0 aromatic carbocycles. The number of carbonyl (C=O) groups is 1. The van der Waals surface area contributed by atoms with Crippen molar-refractivity contribution in [3.8, 4) is 0 Å². The summed E-state index contributed by atoms with van der Waals surface area (Å²) in [7, 11) is 0. The maximum atomic E-state index is 14.2. The number of rotatable bonds is 7. The molecule has 27 heavy (non-hydrogen) atoms. The molecule has 0 saturated heterocycles. The molecule has 1 saturated carbocycles. The number of primary amides is 1. The zero-order valence-corrected chi connectivity index (χ0v) is 14.4. The molecule has 0 unspecified atom stereocenters. The van der Waals surface area contributed by atoms with Crippen molar-refractivity contribution in [2.45, 2.75) is 19.0 Å². The van der Waals surface area contributed by atoms with E-state index >= 15 is 0 Å². The Morgan fingerprint density at radius 1 is 1.37 bits per heavy atom. The van der Waals surface area contributed by atoms with Crippen LogP contribution in [0.1, 0.15) is 6.42 Å². The summed E-state index contributed by atoms with van der Waals surface area (Å²) in [5, 5.41) is 19.0. The molecular formula is C17H20FN7O2. The monoisotopic (exact) mass is 373 g/mol. The number of aromatic nitrogens is 4. The fourth-order valence-corrected chi connectivity index (χ4v) is 3.88. The molecule has 5 N–H and O–H groups in total. The second kappa shape index (κ2) is 6.95. The minimum Gasteiger partial charge on any atom is -0.394 e. The maximum absolute atomic E-state index is 14.2. The highest BCUT2D eigenvalue weighted by Gasteiger charge is 2.47. The first-order valence-corrected chi connectivity index (χ1v) is 8.72. The Hall–Kier alpha value is -3.01. The number of nitrogens with two attached hydrogens (primary N) is 1. The van der Waals surface area contributed by atoms with Gasteiger partial charge < -0.3 is 21.5 Å². The van der Waals surface area contributed by atoms with E-state index in [1.807, 2.05) is 12.2 Å². The van der Waals surface area contributed by atoms with Gasteiger partial charge in [-0.15, -0.1) is 0 Å². The summed E-state index contributed by atoms with van der Waals surface area (Å²) in [6.45, 7) is 0.340. The van der Waals surface area contributed by atoms with Crippen molar-refractivity contribution in [1.82, 2.24) is 19.7 Å². The molecule has 9 nitrogen and oxygen atoms in total. The molecule has 2 aliphatic rings. The summed E-state index contributed by atoms with van der Waals surface area (Å²) < 4.78 is 15.8. The number of allylic oxidation sites excluding steroid dienone is 1. The lowest BCUT2D eigenvalue weighted by atomic mass is 9.88. The zero-order chi connectivity index (χ0) is 19.0. The zero-order valence-electron chi connectivity index (χ0n) is 14.4. The van der Waals surface area contributed by atoms with Gasteiger partial charge >= 0.3 is 0 Å². The molecule has 2 aromatic rings. The Bertz CT molecular complexity index is 884. The number of hydrogen-bond acceptors (Lipinski definition) is 7. The summed E-state index contributed by atoms with van der Waals surface area (Å²) in [6.07, 6.45) is 9.17. The van der Waals surface area contributed by atoms with E-state index in [1.54, 1.807) is 17.1 Å². The van der Waals surface area contributed by atoms with Crippen LogP contribution in [0.3, 0.4) is 0 Å². The number of fused-ring (bicyclic) bond motifs is 2. The first kappa shape index (κ1) is 17.4. The third-order valence-electron chi connectivity index (χ3n) is 5.05. The lowest BCUT2D eigenvalue weighted by Crippen LogP contribution is -2.41. The first-order valence-electron chi connectivity index (χ1n) is 8.72. The van der Waals surface area contributed by atoms with Crippen LogP contribution in [0, 0.1) is 23.6 Å². The summed E-state index contributed by atoms with van der Waals surface area (Å²) in [5.41, 5.74) is 6.16. The molecule has 142 valence electrons. The first-order chi connectivity index (χ1) is 13.0. The quantitative estimate of drug-likeness (QED) is 0.524. The molecule has 0 aliphatic heterocycles. The largest absolute Gasteiger partial charge is 0.394 e. The number of amides is 1. The van der Waals surface area contributed by atoms with Gasteiger partial charge in [-0.05, 0) is 18.3 Å². The summed E-state index contributed by atoms with van der Waals surface area (Å²) in [5.74, 6) is -0.966. The Morgan fingerprint density at radius 3 is 2.96 bits per heavy atom. The van der Waals surface area contributed by atoms with E-state index in [9.17, 15) is 9.18 Å². The Kier molecular flexibility index (Phi) is 4.48. The average Bonchev–Trinajstić information content (AvgIpc) is 3.34. The van der Waals surface area contributed by atoms with Gasteiger partial charge in [-0.2, -0.15) is 10.1 Å². The van der Waals surface area contributed by atoms with Gasteiger partial charge in [-0.25, -0.2) is 9.37 Å².